The van der Waals surface area contributed by atoms with E-state index < -0.39 is 0 Å². The van der Waals surface area contributed by atoms with E-state index in [9.17, 15) is 0 Å². The summed E-state index contributed by atoms with van der Waals surface area (Å²) in [6.07, 6.45) is 7.25. The number of hydrogen-bond donors (Lipinski definition) is 0. The van der Waals surface area contributed by atoms with Gasteiger partial charge in [0.1, 0.15) is 5.82 Å². The maximum absolute atomic E-state index is 4.76. The minimum Gasteiger partial charge on any atom is -0.353 e. The van der Waals surface area contributed by atoms with Crippen molar-refractivity contribution in [1.29, 1.82) is 0 Å². The van der Waals surface area contributed by atoms with Crippen molar-refractivity contribution < 1.29 is 0 Å². The number of anilines is 1. The first-order valence-electron chi connectivity index (χ1n) is 8.07. The molecule has 0 saturated carbocycles. The molecule has 3 heterocycles. The minimum atomic E-state index is 0.880. The Morgan fingerprint density at radius 1 is 1.04 bits per heavy atom. The van der Waals surface area contributed by atoms with Crippen molar-refractivity contribution in [3.05, 3.63) is 36.9 Å². The first-order chi connectivity index (χ1) is 11.2. The minimum absolute atomic E-state index is 0.880. The van der Waals surface area contributed by atoms with Gasteiger partial charge in [0, 0.05) is 57.2 Å². The molecule has 0 atom stereocenters. The molecule has 1 aliphatic heterocycles. The summed E-state index contributed by atoms with van der Waals surface area (Å²) in [5.41, 5.74) is 1.89. The van der Waals surface area contributed by atoms with Gasteiger partial charge in [-0.2, -0.15) is 0 Å². The highest BCUT2D eigenvalue weighted by Crippen LogP contribution is 2.19. The molecule has 23 heavy (non-hydrogen) atoms. The van der Waals surface area contributed by atoms with E-state index in [1.165, 1.54) is 0 Å². The number of likely N-dealkylation sites (N-methyl/N-ethyl adjacent to an activating group) is 1. The normalized spacial score (nSPS) is 16.0. The van der Waals surface area contributed by atoms with Gasteiger partial charge in [0.25, 0.3) is 0 Å². The summed E-state index contributed by atoms with van der Waals surface area (Å²) in [5.74, 6) is 0.957. The fourth-order valence-electron chi connectivity index (χ4n) is 2.70. The molecule has 1 aliphatic rings. The molecule has 0 aromatic carbocycles. The van der Waals surface area contributed by atoms with E-state index in [2.05, 4.69) is 38.8 Å². The van der Waals surface area contributed by atoms with E-state index in [1.807, 2.05) is 24.5 Å². The smallest absolute Gasteiger partial charge is 0.147 e. The number of nitrogens with zero attached hydrogens (tertiary/aromatic N) is 6. The molecule has 0 amide bonds. The van der Waals surface area contributed by atoms with Crippen LogP contribution in [0.25, 0.3) is 11.3 Å². The molecule has 0 spiro atoms. The molecular formula is C17H24N6. The van der Waals surface area contributed by atoms with Crippen molar-refractivity contribution in [2.75, 3.05) is 58.3 Å². The molecule has 6 nitrogen and oxygen atoms in total. The van der Waals surface area contributed by atoms with E-state index >= 15 is 0 Å². The number of hydrogen-bond acceptors (Lipinski definition) is 6. The molecule has 2 aromatic heterocycles. The van der Waals surface area contributed by atoms with Crippen LogP contribution in [0, 0.1) is 0 Å². The van der Waals surface area contributed by atoms with Gasteiger partial charge < -0.3 is 9.80 Å². The molecule has 0 bridgehead atoms. The van der Waals surface area contributed by atoms with E-state index in [1.54, 1.807) is 12.4 Å². The monoisotopic (exact) mass is 312 g/mol. The molecule has 0 radical (unpaired) electrons. The highest BCUT2D eigenvalue weighted by Gasteiger charge is 2.18. The summed E-state index contributed by atoms with van der Waals surface area (Å²) < 4.78 is 0. The van der Waals surface area contributed by atoms with Crippen molar-refractivity contribution in [2.24, 2.45) is 0 Å². The molecule has 0 N–H and O–H groups in total. The average molecular weight is 312 g/mol. The third-order valence-electron chi connectivity index (χ3n) is 4.14. The average Bonchev–Trinajstić information content (AvgIpc) is 2.61. The lowest BCUT2D eigenvalue weighted by atomic mass is 10.2. The van der Waals surface area contributed by atoms with Crippen LogP contribution in [0.5, 0.6) is 0 Å². The van der Waals surface area contributed by atoms with Crippen LogP contribution in [-0.4, -0.2) is 78.1 Å². The number of piperazine rings is 1. The second-order valence-electron chi connectivity index (χ2n) is 6.14. The zero-order valence-corrected chi connectivity index (χ0v) is 13.9. The van der Waals surface area contributed by atoms with Crippen LogP contribution in [-0.2, 0) is 0 Å². The third kappa shape index (κ3) is 4.24. The van der Waals surface area contributed by atoms with Crippen molar-refractivity contribution >= 4 is 5.82 Å². The zero-order chi connectivity index (χ0) is 16.1. The molecular weight excluding hydrogens is 288 g/mol. The Hall–Kier alpha value is -2.05. The number of pyridine rings is 1. The molecule has 2 aromatic rings. The Morgan fingerprint density at radius 2 is 1.87 bits per heavy atom. The number of rotatable bonds is 5. The van der Waals surface area contributed by atoms with Crippen molar-refractivity contribution in [3.8, 4) is 11.3 Å². The quantitative estimate of drug-likeness (QED) is 0.827. The molecule has 1 fully saturated rings. The second-order valence-corrected chi connectivity index (χ2v) is 6.14. The lowest BCUT2D eigenvalue weighted by molar-refractivity contribution is 0.229. The van der Waals surface area contributed by atoms with Crippen molar-refractivity contribution in [2.45, 2.75) is 0 Å². The summed E-state index contributed by atoms with van der Waals surface area (Å²) in [4.78, 5) is 20.3. The van der Waals surface area contributed by atoms with E-state index in [0.29, 0.717) is 0 Å². The Balaban J connectivity index is 1.63. The fourth-order valence-corrected chi connectivity index (χ4v) is 2.70. The van der Waals surface area contributed by atoms with Gasteiger partial charge >= 0.3 is 0 Å². The number of aromatic nitrogens is 3. The zero-order valence-electron chi connectivity index (χ0n) is 13.9. The molecule has 0 aliphatic carbocycles. The molecule has 6 heteroatoms. The van der Waals surface area contributed by atoms with Gasteiger partial charge in [-0.05, 0) is 26.2 Å². The Kier molecular flexibility index (Phi) is 5.15. The second kappa shape index (κ2) is 7.48. The van der Waals surface area contributed by atoms with E-state index in [4.69, 9.17) is 4.98 Å². The lowest BCUT2D eigenvalue weighted by Crippen LogP contribution is -2.48. The van der Waals surface area contributed by atoms with Gasteiger partial charge in [0.15, 0.2) is 0 Å². The first-order valence-corrected chi connectivity index (χ1v) is 8.07. The van der Waals surface area contributed by atoms with Crippen molar-refractivity contribution in [3.63, 3.8) is 0 Å². The summed E-state index contributed by atoms with van der Waals surface area (Å²) in [5, 5.41) is 0. The Morgan fingerprint density at radius 3 is 2.57 bits per heavy atom. The van der Waals surface area contributed by atoms with Crippen LogP contribution in [0.4, 0.5) is 5.82 Å². The Bertz CT molecular complexity index is 607. The molecule has 3 rings (SSSR count). The summed E-state index contributed by atoms with van der Waals surface area (Å²) >= 11 is 0. The fraction of sp³-hybridized carbons (Fsp3) is 0.471. The van der Waals surface area contributed by atoms with Crippen molar-refractivity contribution in [1.82, 2.24) is 24.8 Å². The SMILES string of the molecule is CN(C)CCN1CCN(c2cncc(-c3cccnc3)n2)CC1. The third-order valence-corrected chi connectivity index (χ3v) is 4.14. The van der Waals surface area contributed by atoms with Crippen LogP contribution in [0.15, 0.2) is 36.9 Å². The predicted molar refractivity (Wildman–Crippen MR) is 92.5 cm³/mol. The molecule has 0 unspecified atom stereocenters. The Labute approximate surface area is 137 Å². The first kappa shape index (κ1) is 15.8. The van der Waals surface area contributed by atoms with Gasteiger partial charge in [-0.1, -0.05) is 0 Å². The van der Waals surface area contributed by atoms with Crippen LogP contribution >= 0.6 is 0 Å². The highest BCUT2D eigenvalue weighted by molar-refractivity contribution is 5.58. The molecule has 122 valence electrons. The van der Waals surface area contributed by atoms with Gasteiger partial charge in [0.05, 0.1) is 18.1 Å². The predicted octanol–water partition coefficient (Wildman–Crippen LogP) is 1.22. The summed E-state index contributed by atoms with van der Waals surface area (Å²) in [6, 6.07) is 3.94. The standard InChI is InChI=1S/C17H24N6/c1-21(2)6-7-22-8-10-23(11-9-22)17-14-19-13-16(20-17)15-4-3-5-18-12-15/h3-5,12-14H,6-11H2,1-2H3. The van der Waals surface area contributed by atoms with Crippen LogP contribution < -0.4 is 4.90 Å². The lowest BCUT2D eigenvalue weighted by Gasteiger charge is -2.35. The van der Waals surface area contributed by atoms with E-state index in [0.717, 1.165) is 56.3 Å². The van der Waals surface area contributed by atoms with E-state index in [-0.39, 0.29) is 0 Å². The largest absolute Gasteiger partial charge is 0.353 e. The van der Waals surface area contributed by atoms with Gasteiger partial charge in [-0.25, -0.2) is 4.98 Å². The van der Waals surface area contributed by atoms with Gasteiger partial charge in [-0.15, -0.1) is 0 Å². The topological polar surface area (TPSA) is 48.4 Å². The highest BCUT2D eigenvalue weighted by atomic mass is 15.3. The maximum Gasteiger partial charge on any atom is 0.147 e. The van der Waals surface area contributed by atoms with Crippen LogP contribution in [0.3, 0.4) is 0 Å². The van der Waals surface area contributed by atoms with Crippen LogP contribution in [0.2, 0.25) is 0 Å². The van der Waals surface area contributed by atoms with Gasteiger partial charge in [0.2, 0.25) is 0 Å². The summed E-state index contributed by atoms with van der Waals surface area (Å²) in [7, 11) is 4.24. The van der Waals surface area contributed by atoms with Gasteiger partial charge in [-0.3, -0.25) is 14.9 Å². The maximum atomic E-state index is 4.76. The molecule has 1 saturated heterocycles. The van der Waals surface area contributed by atoms with Crippen LogP contribution in [0.1, 0.15) is 0 Å². The summed E-state index contributed by atoms with van der Waals surface area (Å²) in [6.45, 7) is 6.38.